The van der Waals surface area contributed by atoms with Crippen LogP contribution < -0.4 is 5.32 Å². The smallest absolute Gasteiger partial charge is 0.159 e. The molecule has 0 radical (unpaired) electrons. The molecule has 0 bridgehead atoms. The van der Waals surface area contributed by atoms with Gasteiger partial charge in [0.15, 0.2) is 11.0 Å². The molecule has 0 aliphatic heterocycles. The third-order valence-electron chi connectivity index (χ3n) is 2.60. The molecule has 0 saturated carbocycles. The number of nitrogens with one attached hydrogen (secondary N) is 1. The number of methoxy groups -OCH3 is 1. The summed E-state index contributed by atoms with van der Waals surface area (Å²) >= 11 is 5.99. The Morgan fingerprint density at radius 3 is 2.71 bits per heavy atom. The summed E-state index contributed by atoms with van der Waals surface area (Å²) in [6.07, 6.45) is 0.117. The molecule has 0 amide bonds. The van der Waals surface area contributed by atoms with Crippen molar-refractivity contribution in [3.05, 3.63) is 29.4 Å². The highest BCUT2D eigenvalue weighted by atomic mass is 35.5. The summed E-state index contributed by atoms with van der Waals surface area (Å²) in [4.78, 5) is 0. The van der Waals surface area contributed by atoms with E-state index in [9.17, 15) is 0 Å². The van der Waals surface area contributed by atoms with Crippen LogP contribution in [0, 0.1) is 0 Å². The van der Waals surface area contributed by atoms with Gasteiger partial charge in [0.05, 0.1) is 6.10 Å². The summed E-state index contributed by atoms with van der Waals surface area (Å²) in [7, 11) is 1.68. The number of fused-ring (bicyclic) bond motifs is 1. The van der Waals surface area contributed by atoms with Gasteiger partial charge in [0.25, 0.3) is 0 Å². The highest BCUT2D eigenvalue weighted by Gasteiger charge is 2.07. The standard InChI is InChI=1S/C12H14ClN3O/c1-8(17-2)7-14-12-10-6-4-3-5-9(10)11(13)15-16-12/h3-6,8H,7H2,1-2H3,(H,14,16). The third-order valence-corrected chi connectivity index (χ3v) is 2.88. The number of hydrogen-bond donors (Lipinski definition) is 1. The van der Waals surface area contributed by atoms with Crippen LogP contribution in [-0.4, -0.2) is 30.0 Å². The molecule has 0 saturated heterocycles. The number of hydrogen-bond acceptors (Lipinski definition) is 4. The Morgan fingerprint density at radius 2 is 2.00 bits per heavy atom. The van der Waals surface area contributed by atoms with Crippen LogP contribution in [0.5, 0.6) is 0 Å². The molecule has 1 N–H and O–H groups in total. The summed E-state index contributed by atoms with van der Waals surface area (Å²) in [5.41, 5.74) is 0. The molecular weight excluding hydrogens is 238 g/mol. The van der Waals surface area contributed by atoms with Crippen molar-refractivity contribution in [3.63, 3.8) is 0 Å². The van der Waals surface area contributed by atoms with Crippen LogP contribution in [0.1, 0.15) is 6.92 Å². The molecule has 0 aliphatic rings. The minimum absolute atomic E-state index is 0.117. The minimum atomic E-state index is 0.117. The maximum Gasteiger partial charge on any atom is 0.159 e. The number of halogens is 1. The second kappa shape index (κ2) is 5.29. The molecule has 2 aromatic rings. The van der Waals surface area contributed by atoms with Gasteiger partial charge in [-0.15, -0.1) is 10.2 Å². The van der Waals surface area contributed by atoms with E-state index in [4.69, 9.17) is 16.3 Å². The molecule has 0 aliphatic carbocycles. The summed E-state index contributed by atoms with van der Waals surface area (Å²) in [6, 6.07) is 7.77. The molecule has 1 aromatic heterocycles. The van der Waals surface area contributed by atoms with E-state index in [2.05, 4.69) is 15.5 Å². The largest absolute Gasteiger partial charge is 0.380 e. The monoisotopic (exact) mass is 251 g/mol. The van der Waals surface area contributed by atoms with E-state index in [1.807, 2.05) is 31.2 Å². The lowest BCUT2D eigenvalue weighted by Crippen LogP contribution is -2.19. The molecule has 1 unspecified atom stereocenters. The van der Waals surface area contributed by atoms with Crippen molar-refractivity contribution >= 4 is 28.2 Å². The molecule has 17 heavy (non-hydrogen) atoms. The molecule has 1 atom stereocenters. The molecule has 2 rings (SSSR count). The quantitative estimate of drug-likeness (QED) is 0.908. The number of benzene rings is 1. The second-order valence-corrected chi connectivity index (χ2v) is 4.17. The number of anilines is 1. The fourth-order valence-electron chi connectivity index (χ4n) is 1.53. The van der Waals surface area contributed by atoms with Crippen molar-refractivity contribution in [3.8, 4) is 0 Å². The van der Waals surface area contributed by atoms with Gasteiger partial charge in [-0.2, -0.15) is 0 Å². The molecule has 0 fully saturated rings. The predicted molar refractivity (Wildman–Crippen MR) is 69.5 cm³/mol. The van der Waals surface area contributed by atoms with E-state index in [0.29, 0.717) is 11.7 Å². The lowest BCUT2D eigenvalue weighted by Gasteiger charge is -2.12. The lowest BCUT2D eigenvalue weighted by molar-refractivity contribution is 0.128. The third kappa shape index (κ3) is 2.65. The SMILES string of the molecule is COC(C)CNc1nnc(Cl)c2ccccc12. The van der Waals surface area contributed by atoms with Crippen LogP contribution in [0.15, 0.2) is 24.3 Å². The summed E-state index contributed by atoms with van der Waals surface area (Å²) in [6.45, 7) is 2.66. The van der Waals surface area contributed by atoms with Crippen LogP contribution in [0.3, 0.4) is 0 Å². The minimum Gasteiger partial charge on any atom is -0.380 e. The normalized spacial score (nSPS) is 12.6. The summed E-state index contributed by atoms with van der Waals surface area (Å²) in [5.74, 6) is 0.730. The maximum absolute atomic E-state index is 5.99. The molecule has 5 heteroatoms. The zero-order valence-electron chi connectivity index (χ0n) is 9.77. The maximum atomic E-state index is 5.99. The van der Waals surface area contributed by atoms with E-state index >= 15 is 0 Å². The second-order valence-electron chi connectivity index (χ2n) is 3.81. The topological polar surface area (TPSA) is 47.0 Å². The van der Waals surface area contributed by atoms with Crippen LogP contribution in [0.25, 0.3) is 10.8 Å². The van der Waals surface area contributed by atoms with Crippen LogP contribution >= 0.6 is 11.6 Å². The Labute approximate surface area is 105 Å². The zero-order valence-corrected chi connectivity index (χ0v) is 10.5. The van der Waals surface area contributed by atoms with Gasteiger partial charge < -0.3 is 10.1 Å². The average Bonchev–Trinajstić information content (AvgIpc) is 2.38. The molecule has 1 heterocycles. The molecule has 0 spiro atoms. The molecule has 4 nitrogen and oxygen atoms in total. The average molecular weight is 252 g/mol. The summed E-state index contributed by atoms with van der Waals surface area (Å²) in [5, 5.41) is 13.5. The van der Waals surface area contributed by atoms with Crippen LogP contribution in [-0.2, 0) is 4.74 Å². The van der Waals surface area contributed by atoms with Gasteiger partial charge in [0, 0.05) is 24.4 Å². The van der Waals surface area contributed by atoms with Gasteiger partial charge in [-0.25, -0.2) is 0 Å². The molecule has 1 aromatic carbocycles. The zero-order chi connectivity index (χ0) is 12.3. The lowest BCUT2D eigenvalue weighted by atomic mass is 10.2. The molecule has 90 valence electrons. The van der Waals surface area contributed by atoms with E-state index in [0.717, 1.165) is 16.6 Å². The van der Waals surface area contributed by atoms with Crippen molar-refractivity contribution in [1.29, 1.82) is 0 Å². The number of aromatic nitrogens is 2. The fraction of sp³-hybridized carbons (Fsp3) is 0.333. The predicted octanol–water partition coefficient (Wildman–Crippen LogP) is 2.73. The Balaban J connectivity index is 2.32. The van der Waals surface area contributed by atoms with E-state index in [1.165, 1.54) is 0 Å². The number of ether oxygens (including phenoxy) is 1. The highest BCUT2D eigenvalue weighted by Crippen LogP contribution is 2.25. The van der Waals surface area contributed by atoms with Crippen LogP contribution in [0.2, 0.25) is 5.15 Å². The van der Waals surface area contributed by atoms with Gasteiger partial charge in [-0.05, 0) is 6.92 Å². The Bertz CT molecular complexity index is 518. The Kier molecular flexibility index (Phi) is 3.76. The number of rotatable bonds is 4. The van der Waals surface area contributed by atoms with Crippen molar-refractivity contribution in [2.75, 3.05) is 19.0 Å². The highest BCUT2D eigenvalue weighted by molar-refractivity contribution is 6.34. The van der Waals surface area contributed by atoms with Crippen molar-refractivity contribution in [2.24, 2.45) is 0 Å². The van der Waals surface area contributed by atoms with Gasteiger partial charge in [0.1, 0.15) is 0 Å². The molecular formula is C12H14ClN3O. The van der Waals surface area contributed by atoms with E-state index in [-0.39, 0.29) is 6.10 Å². The van der Waals surface area contributed by atoms with Gasteiger partial charge in [-0.1, -0.05) is 35.9 Å². The first kappa shape index (κ1) is 12.1. The summed E-state index contributed by atoms with van der Waals surface area (Å²) < 4.78 is 5.17. The first-order valence-corrected chi connectivity index (χ1v) is 5.77. The van der Waals surface area contributed by atoms with Crippen molar-refractivity contribution in [1.82, 2.24) is 10.2 Å². The number of nitrogens with zero attached hydrogens (tertiary/aromatic N) is 2. The Hall–Kier alpha value is -1.39. The Morgan fingerprint density at radius 1 is 1.29 bits per heavy atom. The van der Waals surface area contributed by atoms with Crippen molar-refractivity contribution in [2.45, 2.75) is 13.0 Å². The van der Waals surface area contributed by atoms with Crippen molar-refractivity contribution < 1.29 is 4.74 Å². The van der Waals surface area contributed by atoms with Crippen LogP contribution in [0.4, 0.5) is 5.82 Å². The van der Waals surface area contributed by atoms with Gasteiger partial charge in [0.2, 0.25) is 0 Å². The van der Waals surface area contributed by atoms with Gasteiger partial charge in [-0.3, -0.25) is 0 Å². The first-order chi connectivity index (χ1) is 8.22. The first-order valence-electron chi connectivity index (χ1n) is 5.40. The fourth-order valence-corrected chi connectivity index (χ4v) is 1.73. The van der Waals surface area contributed by atoms with Gasteiger partial charge >= 0.3 is 0 Å². The van der Waals surface area contributed by atoms with E-state index < -0.39 is 0 Å². The van der Waals surface area contributed by atoms with E-state index in [1.54, 1.807) is 7.11 Å².